The number of hydrogen-bond donors (Lipinski definition) is 0. The Balaban J connectivity index is 2.34. The van der Waals surface area contributed by atoms with Crippen LogP contribution in [0.15, 0.2) is 54.6 Å². The van der Waals surface area contributed by atoms with Crippen molar-refractivity contribution in [1.82, 2.24) is 0 Å². The number of carbonyl (C=O) groups is 1. The fraction of sp³-hybridized carbons (Fsp3) is 0.133. The highest BCUT2D eigenvalue weighted by molar-refractivity contribution is 5.95. The van der Waals surface area contributed by atoms with Crippen LogP contribution in [0.1, 0.15) is 21.5 Å². The topological polar surface area (TPSA) is 26.3 Å². The first-order valence-corrected chi connectivity index (χ1v) is 5.92. The molecule has 0 radical (unpaired) electrons. The average molecular weight is 278 g/mol. The van der Waals surface area contributed by atoms with Crippen LogP contribution in [0.25, 0.3) is 0 Å². The standard InChI is InChI=1S/C15H9F3O2/c16-15(17,18)14(10-6-2-1-3-7-10)12-9-5-4-8-11(12)13(19)20-14/h1-9H. The van der Waals surface area contributed by atoms with Crippen LogP contribution >= 0.6 is 0 Å². The van der Waals surface area contributed by atoms with E-state index in [2.05, 4.69) is 0 Å². The number of halogens is 3. The maximum Gasteiger partial charge on any atom is 0.437 e. The van der Waals surface area contributed by atoms with Gasteiger partial charge in [-0.3, -0.25) is 0 Å². The summed E-state index contributed by atoms with van der Waals surface area (Å²) in [4.78, 5) is 11.8. The summed E-state index contributed by atoms with van der Waals surface area (Å²) in [6, 6.07) is 12.8. The SMILES string of the molecule is O=C1OC(c2ccccc2)(C(F)(F)F)c2ccccc21. The van der Waals surface area contributed by atoms with Gasteiger partial charge in [0, 0.05) is 11.1 Å². The lowest BCUT2D eigenvalue weighted by molar-refractivity contribution is -0.243. The van der Waals surface area contributed by atoms with Crippen molar-refractivity contribution in [1.29, 1.82) is 0 Å². The smallest absolute Gasteiger partial charge is 0.436 e. The zero-order valence-electron chi connectivity index (χ0n) is 10.1. The summed E-state index contributed by atoms with van der Waals surface area (Å²) in [7, 11) is 0. The molecule has 2 nitrogen and oxygen atoms in total. The van der Waals surface area contributed by atoms with E-state index >= 15 is 0 Å². The van der Waals surface area contributed by atoms with Crippen molar-refractivity contribution in [2.75, 3.05) is 0 Å². The van der Waals surface area contributed by atoms with Gasteiger partial charge in [0.25, 0.3) is 5.60 Å². The summed E-state index contributed by atoms with van der Waals surface area (Å²) in [5, 5.41) is 0. The highest BCUT2D eigenvalue weighted by Gasteiger charge is 2.64. The molecule has 1 unspecified atom stereocenters. The van der Waals surface area contributed by atoms with E-state index < -0.39 is 17.7 Å². The van der Waals surface area contributed by atoms with E-state index in [1.807, 2.05) is 0 Å². The Bertz CT molecular complexity index is 664. The predicted molar refractivity (Wildman–Crippen MR) is 65.1 cm³/mol. The largest absolute Gasteiger partial charge is 0.437 e. The monoisotopic (exact) mass is 278 g/mol. The molecule has 1 atom stereocenters. The Morgan fingerprint density at radius 1 is 0.900 bits per heavy atom. The van der Waals surface area contributed by atoms with E-state index in [0.717, 1.165) is 0 Å². The van der Waals surface area contributed by atoms with Crippen LogP contribution in [0.4, 0.5) is 13.2 Å². The van der Waals surface area contributed by atoms with Crippen LogP contribution in [-0.4, -0.2) is 12.1 Å². The summed E-state index contributed by atoms with van der Waals surface area (Å²) >= 11 is 0. The van der Waals surface area contributed by atoms with E-state index in [9.17, 15) is 18.0 Å². The lowest BCUT2D eigenvalue weighted by Crippen LogP contribution is -2.43. The summed E-state index contributed by atoms with van der Waals surface area (Å²) in [6.45, 7) is 0. The van der Waals surface area contributed by atoms with Crippen molar-refractivity contribution < 1.29 is 22.7 Å². The molecule has 0 bridgehead atoms. The van der Waals surface area contributed by atoms with Gasteiger partial charge in [-0.2, -0.15) is 13.2 Å². The second-order valence-corrected chi connectivity index (χ2v) is 4.48. The minimum Gasteiger partial charge on any atom is -0.436 e. The number of cyclic esters (lactones) is 1. The zero-order valence-corrected chi connectivity index (χ0v) is 10.1. The number of fused-ring (bicyclic) bond motifs is 1. The van der Waals surface area contributed by atoms with Gasteiger partial charge in [-0.05, 0) is 6.07 Å². The van der Waals surface area contributed by atoms with Crippen LogP contribution in [-0.2, 0) is 10.3 Å². The van der Waals surface area contributed by atoms with Crippen molar-refractivity contribution in [2.24, 2.45) is 0 Å². The summed E-state index contributed by atoms with van der Waals surface area (Å²) < 4.78 is 45.8. The second kappa shape index (κ2) is 4.10. The fourth-order valence-corrected chi connectivity index (χ4v) is 2.48. The van der Waals surface area contributed by atoms with Crippen LogP contribution in [0.2, 0.25) is 0 Å². The van der Waals surface area contributed by atoms with Gasteiger partial charge in [0.2, 0.25) is 0 Å². The highest BCUT2D eigenvalue weighted by atomic mass is 19.4. The first kappa shape index (κ1) is 12.7. The van der Waals surface area contributed by atoms with Crippen LogP contribution < -0.4 is 0 Å². The number of benzene rings is 2. The van der Waals surface area contributed by atoms with Gasteiger partial charge in [0.05, 0.1) is 5.56 Å². The maximum absolute atomic E-state index is 13.7. The molecule has 0 fully saturated rings. The number of hydrogen-bond acceptors (Lipinski definition) is 2. The molecule has 1 heterocycles. The second-order valence-electron chi connectivity index (χ2n) is 4.48. The molecule has 5 heteroatoms. The lowest BCUT2D eigenvalue weighted by atomic mass is 9.85. The Kier molecular flexibility index (Phi) is 2.61. The molecule has 0 aromatic heterocycles. The molecular formula is C15H9F3O2. The number of alkyl halides is 3. The number of rotatable bonds is 1. The molecule has 3 rings (SSSR count). The molecule has 0 spiro atoms. The molecule has 0 saturated heterocycles. The minimum atomic E-state index is -4.74. The van der Waals surface area contributed by atoms with Crippen molar-refractivity contribution >= 4 is 5.97 Å². The van der Waals surface area contributed by atoms with Crippen LogP contribution in [0.3, 0.4) is 0 Å². The van der Waals surface area contributed by atoms with Crippen molar-refractivity contribution in [2.45, 2.75) is 11.8 Å². The van der Waals surface area contributed by atoms with Gasteiger partial charge >= 0.3 is 12.1 Å². The van der Waals surface area contributed by atoms with Gasteiger partial charge < -0.3 is 4.74 Å². The highest BCUT2D eigenvalue weighted by Crippen LogP contribution is 2.52. The Morgan fingerprint density at radius 3 is 2.15 bits per heavy atom. The number of esters is 1. The van der Waals surface area contributed by atoms with E-state index in [-0.39, 0.29) is 16.7 Å². The van der Waals surface area contributed by atoms with Crippen molar-refractivity contribution in [3.05, 3.63) is 71.3 Å². The molecule has 0 saturated carbocycles. The fourth-order valence-electron chi connectivity index (χ4n) is 2.48. The van der Waals surface area contributed by atoms with Crippen molar-refractivity contribution in [3.8, 4) is 0 Å². The molecule has 2 aromatic rings. The average Bonchev–Trinajstić information content (AvgIpc) is 2.75. The molecule has 0 amide bonds. The maximum atomic E-state index is 13.7. The molecule has 2 aromatic carbocycles. The predicted octanol–water partition coefficient (Wildman–Crippen LogP) is 3.66. The Hall–Kier alpha value is -2.30. The number of ether oxygens (including phenoxy) is 1. The van der Waals surface area contributed by atoms with Crippen LogP contribution in [0, 0.1) is 0 Å². The quantitative estimate of drug-likeness (QED) is 0.744. The van der Waals surface area contributed by atoms with Crippen LogP contribution in [0.5, 0.6) is 0 Å². The normalized spacial score (nSPS) is 21.4. The zero-order chi connectivity index (χ0) is 14.4. The van der Waals surface area contributed by atoms with E-state index in [4.69, 9.17) is 4.74 Å². The first-order chi connectivity index (χ1) is 9.47. The minimum absolute atomic E-state index is 0.0475. The molecular weight excluding hydrogens is 269 g/mol. The van der Waals surface area contributed by atoms with E-state index in [0.29, 0.717) is 0 Å². The molecule has 0 aliphatic carbocycles. The lowest BCUT2D eigenvalue weighted by Gasteiger charge is -2.31. The number of carbonyl (C=O) groups excluding carboxylic acids is 1. The van der Waals surface area contributed by atoms with Gasteiger partial charge in [-0.1, -0.05) is 48.5 Å². The molecule has 1 aliphatic heterocycles. The first-order valence-electron chi connectivity index (χ1n) is 5.92. The molecule has 1 aliphatic rings. The van der Waals surface area contributed by atoms with Gasteiger partial charge in [0.15, 0.2) is 0 Å². The van der Waals surface area contributed by atoms with Crippen molar-refractivity contribution in [3.63, 3.8) is 0 Å². The molecule has 0 N–H and O–H groups in total. The van der Waals surface area contributed by atoms with Gasteiger partial charge in [-0.25, -0.2) is 4.79 Å². The molecule has 102 valence electrons. The third kappa shape index (κ3) is 1.56. The third-order valence-electron chi connectivity index (χ3n) is 3.35. The third-order valence-corrected chi connectivity index (χ3v) is 3.35. The van der Waals surface area contributed by atoms with Gasteiger partial charge in [0.1, 0.15) is 0 Å². The van der Waals surface area contributed by atoms with E-state index in [1.165, 1.54) is 48.5 Å². The van der Waals surface area contributed by atoms with Gasteiger partial charge in [-0.15, -0.1) is 0 Å². The summed E-state index contributed by atoms with van der Waals surface area (Å²) in [5.74, 6) is -0.957. The Labute approximate surface area is 112 Å². The van der Waals surface area contributed by atoms with E-state index in [1.54, 1.807) is 6.07 Å². The summed E-state index contributed by atoms with van der Waals surface area (Å²) in [6.07, 6.45) is -4.74. The summed E-state index contributed by atoms with van der Waals surface area (Å²) in [5.41, 5.74) is -3.04. The Morgan fingerprint density at radius 2 is 1.50 bits per heavy atom. The molecule has 20 heavy (non-hydrogen) atoms.